The summed E-state index contributed by atoms with van der Waals surface area (Å²) in [7, 11) is 1.64. The molecule has 0 saturated carbocycles. The average Bonchev–Trinajstić information content (AvgIpc) is 2.78. The first kappa shape index (κ1) is 20.4. The van der Waals surface area contributed by atoms with Gasteiger partial charge in [-0.05, 0) is 34.7 Å². The SMILES string of the molecule is COc1ccc([C@@H](C(=O)NCc2ccccc2)[C@@H](C)/C=C/c2ccccc2)cc1. The van der Waals surface area contributed by atoms with Crippen molar-refractivity contribution in [2.75, 3.05) is 7.11 Å². The van der Waals surface area contributed by atoms with E-state index in [0.717, 1.165) is 22.4 Å². The maximum absolute atomic E-state index is 13.1. The summed E-state index contributed by atoms with van der Waals surface area (Å²) in [5.74, 6) is 0.540. The Balaban J connectivity index is 1.79. The van der Waals surface area contributed by atoms with Gasteiger partial charge in [0.2, 0.25) is 5.91 Å². The molecule has 0 aromatic heterocycles. The van der Waals surface area contributed by atoms with Gasteiger partial charge in [0.1, 0.15) is 5.75 Å². The predicted octanol–water partition coefficient (Wildman–Crippen LogP) is 5.44. The lowest BCUT2D eigenvalue weighted by Gasteiger charge is -2.22. The van der Waals surface area contributed by atoms with Crippen LogP contribution in [0.25, 0.3) is 6.08 Å². The van der Waals surface area contributed by atoms with E-state index >= 15 is 0 Å². The summed E-state index contributed by atoms with van der Waals surface area (Å²) in [6, 6.07) is 27.8. The molecule has 0 unspecified atom stereocenters. The minimum atomic E-state index is -0.287. The zero-order valence-corrected chi connectivity index (χ0v) is 16.9. The average molecular weight is 386 g/mol. The fourth-order valence-corrected chi connectivity index (χ4v) is 3.34. The van der Waals surface area contributed by atoms with Crippen molar-refractivity contribution in [3.63, 3.8) is 0 Å². The van der Waals surface area contributed by atoms with E-state index in [1.807, 2.05) is 72.8 Å². The summed E-state index contributed by atoms with van der Waals surface area (Å²) in [4.78, 5) is 13.1. The van der Waals surface area contributed by atoms with Gasteiger partial charge in [0.25, 0.3) is 0 Å². The number of benzene rings is 3. The Morgan fingerprint density at radius 3 is 2.17 bits per heavy atom. The molecular weight excluding hydrogens is 358 g/mol. The molecule has 0 heterocycles. The van der Waals surface area contributed by atoms with Crippen LogP contribution in [0, 0.1) is 5.92 Å². The first-order chi connectivity index (χ1) is 14.2. The number of hydrogen-bond acceptors (Lipinski definition) is 2. The summed E-state index contributed by atoms with van der Waals surface area (Å²) in [5.41, 5.74) is 3.18. The third-order valence-electron chi connectivity index (χ3n) is 4.98. The summed E-state index contributed by atoms with van der Waals surface area (Å²) < 4.78 is 5.27. The van der Waals surface area contributed by atoms with Gasteiger partial charge in [-0.15, -0.1) is 0 Å². The van der Waals surface area contributed by atoms with Crippen molar-refractivity contribution in [3.8, 4) is 5.75 Å². The molecule has 0 aliphatic carbocycles. The van der Waals surface area contributed by atoms with E-state index in [0.29, 0.717) is 6.54 Å². The second kappa shape index (κ2) is 10.3. The van der Waals surface area contributed by atoms with Crippen LogP contribution in [-0.4, -0.2) is 13.0 Å². The van der Waals surface area contributed by atoms with Crippen LogP contribution < -0.4 is 10.1 Å². The van der Waals surface area contributed by atoms with Crippen molar-refractivity contribution in [1.82, 2.24) is 5.32 Å². The second-order valence-electron chi connectivity index (χ2n) is 7.08. The van der Waals surface area contributed by atoms with E-state index < -0.39 is 0 Å². The fourth-order valence-electron chi connectivity index (χ4n) is 3.34. The smallest absolute Gasteiger partial charge is 0.228 e. The molecule has 29 heavy (non-hydrogen) atoms. The maximum Gasteiger partial charge on any atom is 0.228 e. The van der Waals surface area contributed by atoms with Gasteiger partial charge >= 0.3 is 0 Å². The first-order valence-electron chi connectivity index (χ1n) is 9.86. The third kappa shape index (κ3) is 5.82. The molecule has 0 spiro atoms. The van der Waals surface area contributed by atoms with E-state index in [9.17, 15) is 4.79 Å². The van der Waals surface area contributed by atoms with Gasteiger partial charge < -0.3 is 10.1 Å². The Kier molecular flexibility index (Phi) is 7.23. The van der Waals surface area contributed by atoms with E-state index in [4.69, 9.17) is 4.74 Å². The zero-order valence-electron chi connectivity index (χ0n) is 16.9. The molecule has 0 saturated heterocycles. The molecule has 3 aromatic rings. The monoisotopic (exact) mass is 385 g/mol. The summed E-state index contributed by atoms with van der Waals surface area (Å²) >= 11 is 0. The quantitative estimate of drug-likeness (QED) is 0.560. The lowest BCUT2D eigenvalue weighted by atomic mass is 9.85. The highest BCUT2D eigenvalue weighted by Gasteiger charge is 2.25. The second-order valence-corrected chi connectivity index (χ2v) is 7.08. The number of methoxy groups -OCH3 is 1. The van der Waals surface area contributed by atoms with E-state index in [1.165, 1.54) is 0 Å². The number of carbonyl (C=O) groups is 1. The standard InChI is InChI=1S/C26H27NO2/c1-20(13-14-21-9-5-3-6-10-21)25(23-15-17-24(29-2)18-16-23)26(28)27-19-22-11-7-4-8-12-22/h3-18,20,25H,19H2,1-2H3,(H,27,28)/b14-13+/t20-,25-/m0/s1. The largest absolute Gasteiger partial charge is 0.497 e. The van der Waals surface area contributed by atoms with Crippen LogP contribution in [0.3, 0.4) is 0 Å². The highest BCUT2D eigenvalue weighted by Crippen LogP contribution is 2.28. The molecule has 2 atom stereocenters. The number of hydrogen-bond donors (Lipinski definition) is 1. The van der Waals surface area contributed by atoms with Gasteiger partial charge in [0.15, 0.2) is 0 Å². The minimum Gasteiger partial charge on any atom is -0.497 e. The molecule has 0 radical (unpaired) electrons. The Labute approximate surface area is 173 Å². The van der Waals surface area contributed by atoms with Crippen LogP contribution in [-0.2, 0) is 11.3 Å². The molecular formula is C26H27NO2. The normalized spacial score (nSPS) is 13.0. The predicted molar refractivity (Wildman–Crippen MR) is 119 cm³/mol. The van der Waals surface area contributed by atoms with Crippen molar-refractivity contribution >= 4 is 12.0 Å². The molecule has 0 bridgehead atoms. The number of amides is 1. The van der Waals surface area contributed by atoms with Crippen molar-refractivity contribution < 1.29 is 9.53 Å². The molecule has 1 amide bonds. The van der Waals surface area contributed by atoms with E-state index in [-0.39, 0.29) is 17.7 Å². The third-order valence-corrected chi connectivity index (χ3v) is 4.98. The first-order valence-corrected chi connectivity index (χ1v) is 9.86. The molecule has 3 heteroatoms. The van der Waals surface area contributed by atoms with Crippen molar-refractivity contribution in [2.24, 2.45) is 5.92 Å². The van der Waals surface area contributed by atoms with Crippen molar-refractivity contribution in [1.29, 1.82) is 0 Å². The highest BCUT2D eigenvalue weighted by molar-refractivity contribution is 5.84. The summed E-state index contributed by atoms with van der Waals surface area (Å²) in [6.07, 6.45) is 4.18. The minimum absolute atomic E-state index is 0.0178. The van der Waals surface area contributed by atoms with Gasteiger partial charge in [-0.25, -0.2) is 0 Å². The highest BCUT2D eigenvalue weighted by atomic mass is 16.5. The molecule has 0 fully saturated rings. The summed E-state index contributed by atoms with van der Waals surface area (Å²) in [5, 5.41) is 3.10. The number of allylic oxidation sites excluding steroid dienone is 1. The zero-order chi connectivity index (χ0) is 20.5. The molecule has 3 nitrogen and oxygen atoms in total. The molecule has 3 aromatic carbocycles. The topological polar surface area (TPSA) is 38.3 Å². The molecule has 0 aliphatic heterocycles. The van der Waals surface area contributed by atoms with Gasteiger partial charge in [-0.2, -0.15) is 0 Å². The van der Waals surface area contributed by atoms with Crippen LogP contribution in [0.1, 0.15) is 29.5 Å². The van der Waals surface area contributed by atoms with Crippen LogP contribution >= 0.6 is 0 Å². The van der Waals surface area contributed by atoms with Crippen molar-refractivity contribution in [3.05, 3.63) is 108 Å². The lowest BCUT2D eigenvalue weighted by Crippen LogP contribution is -2.32. The number of ether oxygens (including phenoxy) is 1. The summed E-state index contributed by atoms with van der Waals surface area (Å²) in [6.45, 7) is 2.60. The molecule has 0 aliphatic rings. The Morgan fingerprint density at radius 1 is 0.931 bits per heavy atom. The van der Waals surface area contributed by atoms with Gasteiger partial charge in [-0.1, -0.05) is 91.9 Å². The lowest BCUT2D eigenvalue weighted by molar-refractivity contribution is -0.123. The number of nitrogens with one attached hydrogen (secondary N) is 1. The molecule has 3 rings (SSSR count). The van der Waals surface area contributed by atoms with E-state index in [1.54, 1.807) is 7.11 Å². The van der Waals surface area contributed by atoms with Crippen LogP contribution in [0.5, 0.6) is 5.75 Å². The fraction of sp³-hybridized carbons (Fsp3) is 0.192. The Morgan fingerprint density at radius 2 is 1.55 bits per heavy atom. The van der Waals surface area contributed by atoms with Crippen LogP contribution in [0.4, 0.5) is 0 Å². The van der Waals surface area contributed by atoms with Gasteiger partial charge in [0, 0.05) is 6.54 Å². The van der Waals surface area contributed by atoms with Gasteiger partial charge in [-0.3, -0.25) is 4.79 Å². The van der Waals surface area contributed by atoms with Crippen molar-refractivity contribution in [2.45, 2.75) is 19.4 Å². The van der Waals surface area contributed by atoms with Crippen LogP contribution in [0.15, 0.2) is 91.0 Å². The Hall–Kier alpha value is -3.33. The molecule has 148 valence electrons. The number of rotatable bonds is 8. The maximum atomic E-state index is 13.1. The molecule has 1 N–H and O–H groups in total. The van der Waals surface area contributed by atoms with Gasteiger partial charge in [0.05, 0.1) is 13.0 Å². The Bertz CT molecular complexity index is 918. The van der Waals surface area contributed by atoms with E-state index in [2.05, 4.69) is 36.5 Å². The van der Waals surface area contributed by atoms with Crippen LogP contribution in [0.2, 0.25) is 0 Å². The number of carbonyl (C=O) groups excluding carboxylic acids is 1.